The van der Waals surface area contributed by atoms with E-state index in [1.165, 1.54) is 0 Å². The Bertz CT molecular complexity index is 459. The molecule has 0 spiro atoms. The SMILES string of the molecule is CNC1CCCN(c2c(F)cc(C#N)cc2F)C1. The van der Waals surface area contributed by atoms with Crippen molar-refractivity contribution in [2.24, 2.45) is 0 Å². The van der Waals surface area contributed by atoms with Crippen molar-refractivity contribution in [1.82, 2.24) is 5.32 Å². The van der Waals surface area contributed by atoms with Crippen molar-refractivity contribution in [3.8, 4) is 6.07 Å². The molecule has 1 aromatic carbocycles. The number of halogens is 2. The summed E-state index contributed by atoms with van der Waals surface area (Å²) in [5.41, 5.74) is -0.00937. The molecule has 18 heavy (non-hydrogen) atoms. The molecule has 5 heteroatoms. The molecule has 2 rings (SSSR count). The molecule has 1 aromatic rings. The van der Waals surface area contributed by atoms with Gasteiger partial charge in [-0.05, 0) is 32.0 Å². The van der Waals surface area contributed by atoms with E-state index in [-0.39, 0.29) is 17.3 Å². The maximum absolute atomic E-state index is 13.9. The van der Waals surface area contributed by atoms with Gasteiger partial charge >= 0.3 is 0 Å². The van der Waals surface area contributed by atoms with Gasteiger partial charge < -0.3 is 10.2 Å². The number of hydrogen-bond acceptors (Lipinski definition) is 3. The van der Waals surface area contributed by atoms with Crippen LogP contribution in [0.2, 0.25) is 0 Å². The third kappa shape index (κ3) is 2.44. The third-order valence-corrected chi connectivity index (χ3v) is 3.29. The number of likely N-dealkylation sites (N-methyl/N-ethyl adjacent to an activating group) is 1. The van der Waals surface area contributed by atoms with Crippen molar-refractivity contribution in [1.29, 1.82) is 5.26 Å². The zero-order valence-electron chi connectivity index (χ0n) is 10.2. The lowest BCUT2D eigenvalue weighted by Gasteiger charge is -2.34. The molecule has 96 valence electrons. The van der Waals surface area contributed by atoms with Gasteiger partial charge in [0.15, 0.2) is 11.6 Å². The lowest BCUT2D eigenvalue weighted by molar-refractivity contribution is 0.439. The molecule has 0 radical (unpaired) electrons. The fourth-order valence-corrected chi connectivity index (χ4v) is 2.35. The molecule has 1 saturated heterocycles. The van der Waals surface area contributed by atoms with Gasteiger partial charge in [0.2, 0.25) is 0 Å². The molecule has 1 N–H and O–H groups in total. The van der Waals surface area contributed by atoms with Crippen LogP contribution < -0.4 is 10.2 Å². The van der Waals surface area contributed by atoms with Crippen molar-refractivity contribution < 1.29 is 8.78 Å². The Morgan fingerprint density at radius 1 is 1.39 bits per heavy atom. The maximum atomic E-state index is 13.9. The second-order valence-electron chi connectivity index (χ2n) is 4.47. The molecular weight excluding hydrogens is 236 g/mol. The summed E-state index contributed by atoms with van der Waals surface area (Å²) in [6.45, 7) is 1.22. The first kappa shape index (κ1) is 12.8. The average Bonchev–Trinajstić information content (AvgIpc) is 2.38. The van der Waals surface area contributed by atoms with Crippen LogP contribution in [-0.2, 0) is 0 Å². The molecule has 0 aromatic heterocycles. The van der Waals surface area contributed by atoms with E-state index in [4.69, 9.17) is 5.26 Å². The first-order valence-corrected chi connectivity index (χ1v) is 5.97. The molecule has 0 bridgehead atoms. The van der Waals surface area contributed by atoms with Crippen LogP contribution in [-0.4, -0.2) is 26.2 Å². The van der Waals surface area contributed by atoms with Crippen LogP contribution in [0, 0.1) is 23.0 Å². The molecule has 1 aliphatic heterocycles. The Kier molecular flexibility index (Phi) is 3.78. The molecule has 1 heterocycles. The topological polar surface area (TPSA) is 39.1 Å². The Hall–Kier alpha value is -1.67. The van der Waals surface area contributed by atoms with E-state index in [1.54, 1.807) is 11.0 Å². The van der Waals surface area contributed by atoms with Crippen molar-refractivity contribution in [2.75, 3.05) is 25.0 Å². The van der Waals surface area contributed by atoms with Crippen LogP contribution in [0.15, 0.2) is 12.1 Å². The molecule has 1 fully saturated rings. The monoisotopic (exact) mass is 251 g/mol. The van der Waals surface area contributed by atoms with Gasteiger partial charge in [0, 0.05) is 19.1 Å². The van der Waals surface area contributed by atoms with Gasteiger partial charge in [-0.15, -0.1) is 0 Å². The molecular formula is C13H15F2N3. The summed E-state index contributed by atoms with van der Waals surface area (Å²) in [6, 6.07) is 4.16. The highest BCUT2D eigenvalue weighted by Crippen LogP contribution is 2.27. The van der Waals surface area contributed by atoms with Gasteiger partial charge in [0.1, 0.15) is 5.69 Å². The van der Waals surface area contributed by atoms with Gasteiger partial charge in [0.25, 0.3) is 0 Å². The number of anilines is 1. The molecule has 0 saturated carbocycles. The summed E-state index contributed by atoms with van der Waals surface area (Å²) in [5.74, 6) is -1.33. The van der Waals surface area contributed by atoms with E-state index in [0.29, 0.717) is 13.1 Å². The predicted molar refractivity (Wildman–Crippen MR) is 65.4 cm³/mol. The summed E-state index contributed by atoms with van der Waals surface area (Å²) in [5, 5.41) is 11.8. The minimum atomic E-state index is -0.664. The molecule has 3 nitrogen and oxygen atoms in total. The summed E-state index contributed by atoms with van der Waals surface area (Å²) >= 11 is 0. The standard InChI is InChI=1S/C13H15F2N3/c1-17-10-3-2-4-18(8-10)13-11(14)5-9(7-16)6-12(13)15/h5-6,10,17H,2-4,8H2,1H3. The Morgan fingerprint density at radius 3 is 2.61 bits per heavy atom. The summed E-state index contributed by atoms with van der Waals surface area (Å²) < 4.78 is 27.7. The van der Waals surface area contributed by atoms with E-state index >= 15 is 0 Å². The van der Waals surface area contributed by atoms with Crippen LogP contribution >= 0.6 is 0 Å². The van der Waals surface area contributed by atoms with Gasteiger partial charge in [-0.2, -0.15) is 5.26 Å². The number of rotatable bonds is 2. The number of nitrogens with zero attached hydrogens (tertiary/aromatic N) is 2. The number of piperidine rings is 1. The van der Waals surface area contributed by atoms with E-state index in [1.807, 2.05) is 7.05 Å². The molecule has 0 aliphatic carbocycles. The largest absolute Gasteiger partial charge is 0.365 e. The fraction of sp³-hybridized carbons (Fsp3) is 0.462. The molecule has 1 atom stereocenters. The zero-order valence-corrected chi connectivity index (χ0v) is 10.2. The zero-order chi connectivity index (χ0) is 13.1. The normalized spacial score (nSPS) is 19.7. The summed E-state index contributed by atoms with van der Waals surface area (Å²) in [7, 11) is 1.85. The van der Waals surface area contributed by atoms with E-state index in [9.17, 15) is 8.78 Å². The van der Waals surface area contributed by atoms with Crippen molar-refractivity contribution in [3.63, 3.8) is 0 Å². The predicted octanol–water partition coefficient (Wildman–Crippen LogP) is 2.02. The number of hydrogen-bond donors (Lipinski definition) is 1. The van der Waals surface area contributed by atoms with Gasteiger partial charge in [-0.25, -0.2) is 8.78 Å². The lowest BCUT2D eigenvalue weighted by Crippen LogP contribution is -2.45. The van der Waals surface area contributed by atoms with Crippen LogP contribution in [0.5, 0.6) is 0 Å². The number of nitriles is 1. The van der Waals surface area contributed by atoms with E-state index in [2.05, 4.69) is 5.32 Å². The highest BCUT2D eigenvalue weighted by atomic mass is 19.1. The smallest absolute Gasteiger partial charge is 0.150 e. The van der Waals surface area contributed by atoms with Crippen LogP contribution in [0.3, 0.4) is 0 Å². The minimum absolute atomic E-state index is 0.0101. The molecule has 1 unspecified atom stereocenters. The second kappa shape index (κ2) is 5.32. The van der Waals surface area contributed by atoms with Crippen molar-refractivity contribution in [3.05, 3.63) is 29.3 Å². The Balaban J connectivity index is 2.30. The van der Waals surface area contributed by atoms with Gasteiger partial charge in [-0.3, -0.25) is 0 Å². The first-order valence-electron chi connectivity index (χ1n) is 5.97. The summed E-state index contributed by atoms with van der Waals surface area (Å²) in [6.07, 6.45) is 1.90. The third-order valence-electron chi connectivity index (χ3n) is 3.29. The Labute approximate surface area is 105 Å². The number of nitrogens with one attached hydrogen (secondary N) is 1. The van der Waals surface area contributed by atoms with E-state index in [0.717, 1.165) is 25.0 Å². The first-order chi connectivity index (χ1) is 8.65. The molecule has 0 amide bonds. The number of benzene rings is 1. The van der Waals surface area contributed by atoms with Crippen molar-refractivity contribution in [2.45, 2.75) is 18.9 Å². The van der Waals surface area contributed by atoms with Gasteiger partial charge in [0.05, 0.1) is 11.6 Å². The minimum Gasteiger partial charge on any atom is -0.365 e. The van der Waals surface area contributed by atoms with Crippen LogP contribution in [0.4, 0.5) is 14.5 Å². The fourth-order valence-electron chi connectivity index (χ4n) is 2.35. The second-order valence-corrected chi connectivity index (χ2v) is 4.47. The maximum Gasteiger partial charge on any atom is 0.150 e. The van der Waals surface area contributed by atoms with Crippen LogP contribution in [0.25, 0.3) is 0 Å². The highest BCUT2D eigenvalue weighted by molar-refractivity contribution is 5.53. The molecule has 1 aliphatic rings. The average molecular weight is 251 g/mol. The highest BCUT2D eigenvalue weighted by Gasteiger charge is 2.24. The van der Waals surface area contributed by atoms with Gasteiger partial charge in [-0.1, -0.05) is 0 Å². The summed E-state index contributed by atoms with van der Waals surface area (Å²) in [4.78, 5) is 1.70. The van der Waals surface area contributed by atoms with Crippen molar-refractivity contribution >= 4 is 5.69 Å². The van der Waals surface area contributed by atoms with Crippen LogP contribution in [0.1, 0.15) is 18.4 Å². The quantitative estimate of drug-likeness (QED) is 0.874. The Morgan fingerprint density at radius 2 is 2.06 bits per heavy atom. The van der Waals surface area contributed by atoms with E-state index < -0.39 is 11.6 Å². The lowest BCUT2D eigenvalue weighted by atomic mass is 10.0.